The zero-order valence-electron chi connectivity index (χ0n) is 10.9. The fourth-order valence-corrected chi connectivity index (χ4v) is 1.28. The number of hydrogen-bond donors (Lipinski definition) is 0. The Kier molecular flexibility index (Phi) is 7.18. The van der Waals surface area contributed by atoms with Crippen LogP contribution in [0, 0.1) is 5.92 Å². The lowest BCUT2D eigenvalue weighted by Crippen LogP contribution is -2.29. The molecule has 1 rings (SSSR count). The molecule has 0 aliphatic heterocycles. The van der Waals surface area contributed by atoms with E-state index in [1.807, 2.05) is 46.9 Å². The molecule has 0 spiro atoms. The zero-order valence-corrected chi connectivity index (χ0v) is 10.9. The Morgan fingerprint density at radius 3 is 2.50 bits per heavy atom. The molecular formula is C13H22N2O. The number of hydrogen-bond acceptors (Lipinski definition) is 2. The summed E-state index contributed by atoms with van der Waals surface area (Å²) in [4.78, 5) is 17.3. The van der Waals surface area contributed by atoms with Crippen molar-refractivity contribution in [3.63, 3.8) is 0 Å². The fraction of sp³-hybridized carbons (Fsp3) is 0.538. The van der Waals surface area contributed by atoms with E-state index in [1.54, 1.807) is 17.3 Å². The molecule has 0 N–H and O–H groups in total. The summed E-state index contributed by atoms with van der Waals surface area (Å²) in [6, 6.07) is 3.85. The molecule has 90 valence electrons. The van der Waals surface area contributed by atoms with Crippen molar-refractivity contribution in [1.82, 2.24) is 9.88 Å². The number of carbonyl (C=O) groups excluding carboxylic acids is 1. The maximum Gasteiger partial charge on any atom is 0.225 e. The van der Waals surface area contributed by atoms with Crippen molar-refractivity contribution < 1.29 is 4.79 Å². The summed E-state index contributed by atoms with van der Waals surface area (Å²) in [6.45, 7) is 8.44. The Morgan fingerprint density at radius 1 is 1.44 bits per heavy atom. The molecule has 16 heavy (non-hydrogen) atoms. The minimum Gasteiger partial charge on any atom is -0.341 e. The summed E-state index contributed by atoms with van der Waals surface area (Å²) in [5, 5.41) is 0. The Morgan fingerprint density at radius 2 is 2.06 bits per heavy atom. The predicted molar refractivity (Wildman–Crippen MR) is 66.9 cm³/mol. The first-order chi connectivity index (χ1) is 7.61. The third kappa shape index (κ3) is 4.91. The molecule has 1 aromatic rings. The summed E-state index contributed by atoms with van der Waals surface area (Å²) >= 11 is 0. The average molecular weight is 222 g/mol. The maximum absolute atomic E-state index is 11.6. The monoisotopic (exact) mass is 222 g/mol. The van der Waals surface area contributed by atoms with E-state index in [0.29, 0.717) is 6.54 Å². The van der Waals surface area contributed by atoms with Crippen molar-refractivity contribution >= 4 is 5.91 Å². The van der Waals surface area contributed by atoms with E-state index >= 15 is 0 Å². The van der Waals surface area contributed by atoms with Crippen LogP contribution in [0.2, 0.25) is 0 Å². The van der Waals surface area contributed by atoms with Gasteiger partial charge in [-0.15, -0.1) is 0 Å². The number of nitrogens with zero attached hydrogens (tertiary/aromatic N) is 2. The molecule has 0 saturated carbocycles. The van der Waals surface area contributed by atoms with Gasteiger partial charge in [0.05, 0.1) is 0 Å². The topological polar surface area (TPSA) is 33.2 Å². The Hall–Kier alpha value is -1.38. The standard InChI is InChI=1S/C11H16N2O.C2H6/c1-9(2)11(14)13(3)8-10-5-4-6-12-7-10;1-2/h4-7,9H,8H2,1-3H3;1-2H3. The van der Waals surface area contributed by atoms with E-state index in [1.165, 1.54) is 0 Å². The molecule has 1 aromatic heterocycles. The molecular weight excluding hydrogens is 200 g/mol. The van der Waals surface area contributed by atoms with E-state index in [0.717, 1.165) is 5.56 Å². The van der Waals surface area contributed by atoms with Gasteiger partial charge in [0.1, 0.15) is 0 Å². The first-order valence-electron chi connectivity index (χ1n) is 5.75. The third-order valence-electron chi connectivity index (χ3n) is 2.01. The number of carbonyl (C=O) groups is 1. The van der Waals surface area contributed by atoms with Crippen molar-refractivity contribution in [3.8, 4) is 0 Å². The minimum atomic E-state index is 0.0525. The van der Waals surface area contributed by atoms with Crippen molar-refractivity contribution in [2.45, 2.75) is 34.2 Å². The second kappa shape index (κ2) is 7.85. The van der Waals surface area contributed by atoms with Crippen LogP contribution in [0.3, 0.4) is 0 Å². The lowest BCUT2D eigenvalue weighted by atomic mass is 10.2. The van der Waals surface area contributed by atoms with Gasteiger partial charge in [-0.2, -0.15) is 0 Å². The van der Waals surface area contributed by atoms with Gasteiger partial charge in [0, 0.05) is 31.9 Å². The van der Waals surface area contributed by atoms with Crippen LogP contribution in [0.4, 0.5) is 0 Å². The van der Waals surface area contributed by atoms with Gasteiger partial charge in [-0.05, 0) is 11.6 Å². The van der Waals surface area contributed by atoms with Crippen LogP contribution in [0.25, 0.3) is 0 Å². The van der Waals surface area contributed by atoms with Crippen LogP contribution in [0.15, 0.2) is 24.5 Å². The van der Waals surface area contributed by atoms with Gasteiger partial charge in [0.15, 0.2) is 0 Å². The summed E-state index contributed by atoms with van der Waals surface area (Å²) in [5.41, 5.74) is 1.06. The highest BCUT2D eigenvalue weighted by atomic mass is 16.2. The van der Waals surface area contributed by atoms with Crippen molar-refractivity contribution in [1.29, 1.82) is 0 Å². The summed E-state index contributed by atoms with van der Waals surface area (Å²) in [6.07, 6.45) is 3.51. The van der Waals surface area contributed by atoms with E-state index in [9.17, 15) is 4.79 Å². The van der Waals surface area contributed by atoms with Gasteiger partial charge < -0.3 is 4.90 Å². The highest BCUT2D eigenvalue weighted by molar-refractivity contribution is 5.77. The lowest BCUT2D eigenvalue weighted by Gasteiger charge is -2.19. The van der Waals surface area contributed by atoms with Gasteiger partial charge in [-0.3, -0.25) is 9.78 Å². The Bertz CT molecular complexity index is 296. The van der Waals surface area contributed by atoms with Crippen LogP contribution in [-0.4, -0.2) is 22.8 Å². The Balaban J connectivity index is 0.00000106. The molecule has 0 fully saturated rings. The molecule has 0 unspecified atom stereocenters. The van der Waals surface area contributed by atoms with Crippen LogP contribution >= 0.6 is 0 Å². The smallest absolute Gasteiger partial charge is 0.225 e. The molecule has 0 bridgehead atoms. The first-order valence-corrected chi connectivity index (χ1v) is 5.75. The third-order valence-corrected chi connectivity index (χ3v) is 2.01. The number of aromatic nitrogens is 1. The van der Waals surface area contributed by atoms with E-state index < -0.39 is 0 Å². The predicted octanol–water partition coefficient (Wildman–Crippen LogP) is 2.72. The molecule has 0 radical (unpaired) electrons. The zero-order chi connectivity index (χ0) is 12.6. The van der Waals surface area contributed by atoms with Crippen LogP contribution in [0.5, 0.6) is 0 Å². The normalized spacial score (nSPS) is 9.38. The highest BCUT2D eigenvalue weighted by Crippen LogP contribution is 2.05. The molecule has 1 amide bonds. The Labute approximate surface area is 98.5 Å². The number of rotatable bonds is 3. The van der Waals surface area contributed by atoms with E-state index in [4.69, 9.17) is 0 Å². The largest absolute Gasteiger partial charge is 0.341 e. The van der Waals surface area contributed by atoms with Crippen LogP contribution in [-0.2, 0) is 11.3 Å². The molecule has 0 saturated heterocycles. The molecule has 3 nitrogen and oxygen atoms in total. The number of amides is 1. The highest BCUT2D eigenvalue weighted by Gasteiger charge is 2.12. The second-order valence-corrected chi connectivity index (χ2v) is 3.71. The lowest BCUT2D eigenvalue weighted by molar-refractivity contribution is -0.133. The molecule has 1 heterocycles. The van der Waals surface area contributed by atoms with Crippen LogP contribution in [0.1, 0.15) is 33.3 Å². The number of pyridine rings is 1. The van der Waals surface area contributed by atoms with E-state index in [2.05, 4.69) is 4.98 Å². The van der Waals surface area contributed by atoms with E-state index in [-0.39, 0.29) is 11.8 Å². The van der Waals surface area contributed by atoms with Crippen molar-refractivity contribution in [3.05, 3.63) is 30.1 Å². The summed E-state index contributed by atoms with van der Waals surface area (Å²) in [7, 11) is 1.81. The summed E-state index contributed by atoms with van der Waals surface area (Å²) < 4.78 is 0. The van der Waals surface area contributed by atoms with Crippen molar-refractivity contribution in [2.75, 3.05) is 7.05 Å². The average Bonchev–Trinajstić information content (AvgIpc) is 2.31. The van der Waals surface area contributed by atoms with Gasteiger partial charge >= 0.3 is 0 Å². The fourth-order valence-electron chi connectivity index (χ4n) is 1.28. The van der Waals surface area contributed by atoms with Crippen LogP contribution < -0.4 is 0 Å². The molecule has 3 heteroatoms. The molecule has 0 aromatic carbocycles. The molecule has 0 aliphatic carbocycles. The van der Waals surface area contributed by atoms with Gasteiger partial charge in [0.25, 0.3) is 0 Å². The minimum absolute atomic E-state index is 0.0525. The van der Waals surface area contributed by atoms with Gasteiger partial charge in [0.2, 0.25) is 5.91 Å². The van der Waals surface area contributed by atoms with Gasteiger partial charge in [-0.25, -0.2) is 0 Å². The maximum atomic E-state index is 11.6. The van der Waals surface area contributed by atoms with Gasteiger partial charge in [-0.1, -0.05) is 33.8 Å². The quantitative estimate of drug-likeness (QED) is 0.788. The van der Waals surface area contributed by atoms with Crippen molar-refractivity contribution in [2.24, 2.45) is 5.92 Å². The SMILES string of the molecule is CC.CC(C)C(=O)N(C)Cc1cccnc1. The molecule has 0 aliphatic rings. The second-order valence-electron chi connectivity index (χ2n) is 3.71. The molecule has 0 atom stereocenters. The summed E-state index contributed by atoms with van der Waals surface area (Å²) in [5.74, 6) is 0.213. The first kappa shape index (κ1) is 14.6.